The van der Waals surface area contributed by atoms with Crippen molar-refractivity contribution < 1.29 is 17.6 Å². The second-order valence-corrected chi connectivity index (χ2v) is 7.51. The van der Waals surface area contributed by atoms with Gasteiger partial charge in [-0.05, 0) is 24.3 Å². The first-order chi connectivity index (χ1) is 10.1. The Hall–Kier alpha value is -1.74. The van der Waals surface area contributed by atoms with Gasteiger partial charge in [-0.25, -0.2) is 8.42 Å². The van der Waals surface area contributed by atoms with Crippen LogP contribution < -0.4 is 0 Å². The quantitative estimate of drug-likeness (QED) is 0.837. The van der Waals surface area contributed by atoms with E-state index in [-0.39, 0.29) is 5.89 Å². The first-order valence-electron chi connectivity index (χ1n) is 6.44. The molecule has 2 aromatic rings. The molecular formula is C12H13N3O4S2. The van der Waals surface area contributed by atoms with Gasteiger partial charge in [0.25, 0.3) is 5.89 Å². The monoisotopic (exact) mass is 327 g/mol. The van der Waals surface area contributed by atoms with Gasteiger partial charge in [-0.15, -0.1) is 16.4 Å². The van der Waals surface area contributed by atoms with Crippen LogP contribution >= 0.6 is 11.3 Å². The number of sulfone groups is 1. The number of aromatic nitrogens is 2. The summed E-state index contributed by atoms with van der Waals surface area (Å²) in [5.74, 6) is -0.889. The van der Waals surface area contributed by atoms with Gasteiger partial charge in [0, 0.05) is 13.1 Å². The summed E-state index contributed by atoms with van der Waals surface area (Å²) in [5, 5.41) is 8.60. The Morgan fingerprint density at radius 3 is 2.76 bits per heavy atom. The highest BCUT2D eigenvalue weighted by Gasteiger charge is 2.29. The molecule has 1 fully saturated rings. The third-order valence-corrected chi connectivity index (χ3v) is 5.36. The molecule has 1 aliphatic rings. The van der Waals surface area contributed by atoms with Gasteiger partial charge in [0.15, 0.2) is 0 Å². The van der Waals surface area contributed by atoms with E-state index < -0.39 is 26.7 Å². The molecule has 2 aromatic heterocycles. The molecule has 1 saturated heterocycles. The maximum absolute atomic E-state index is 12.1. The van der Waals surface area contributed by atoms with Crippen molar-refractivity contribution in [1.29, 1.82) is 0 Å². The number of likely N-dealkylation sites (tertiary alicyclic amines) is 1. The number of carbonyl (C=O) groups is 1. The summed E-state index contributed by atoms with van der Waals surface area (Å²) in [5.41, 5.74) is 0. The Labute approximate surface area is 125 Å². The van der Waals surface area contributed by atoms with E-state index in [0.717, 1.165) is 12.8 Å². The molecule has 3 rings (SSSR count). The largest absolute Gasteiger partial charge is 0.407 e. The van der Waals surface area contributed by atoms with Crippen molar-refractivity contribution in [2.75, 3.05) is 18.8 Å². The van der Waals surface area contributed by atoms with E-state index in [1.807, 2.05) is 5.38 Å². The van der Waals surface area contributed by atoms with Crippen LogP contribution in [0.4, 0.5) is 0 Å². The van der Waals surface area contributed by atoms with Crippen LogP contribution in [0.1, 0.15) is 12.8 Å². The van der Waals surface area contributed by atoms with Crippen molar-refractivity contribution in [3.05, 3.63) is 17.5 Å². The van der Waals surface area contributed by atoms with Crippen molar-refractivity contribution in [3.63, 3.8) is 0 Å². The summed E-state index contributed by atoms with van der Waals surface area (Å²) < 4.78 is 29.5. The lowest BCUT2D eigenvalue weighted by Gasteiger charge is -2.13. The molecule has 0 unspecified atom stereocenters. The summed E-state index contributed by atoms with van der Waals surface area (Å²) in [4.78, 5) is 14.2. The van der Waals surface area contributed by atoms with Gasteiger partial charge < -0.3 is 9.32 Å². The van der Waals surface area contributed by atoms with Crippen LogP contribution in [-0.2, 0) is 14.6 Å². The van der Waals surface area contributed by atoms with Gasteiger partial charge in [0.1, 0.15) is 5.75 Å². The number of amides is 1. The SMILES string of the molecule is O=C(CS(=O)(=O)c1nnc(-c2cccs2)o1)N1CCCC1. The molecular weight excluding hydrogens is 314 g/mol. The van der Waals surface area contributed by atoms with Gasteiger partial charge in [0.2, 0.25) is 15.7 Å². The van der Waals surface area contributed by atoms with E-state index in [0.29, 0.717) is 18.0 Å². The minimum absolute atomic E-state index is 0.150. The third kappa shape index (κ3) is 2.98. The first kappa shape index (κ1) is 14.2. The normalized spacial score (nSPS) is 15.5. The lowest BCUT2D eigenvalue weighted by Crippen LogP contribution is -2.33. The third-order valence-electron chi connectivity index (χ3n) is 3.18. The van der Waals surface area contributed by atoms with E-state index in [2.05, 4.69) is 10.2 Å². The minimum Gasteiger partial charge on any atom is -0.407 e. The second kappa shape index (κ2) is 5.57. The van der Waals surface area contributed by atoms with Crippen LogP contribution in [0.2, 0.25) is 0 Å². The molecule has 112 valence electrons. The van der Waals surface area contributed by atoms with Crippen LogP contribution in [0, 0.1) is 0 Å². The molecule has 0 N–H and O–H groups in total. The van der Waals surface area contributed by atoms with Crippen LogP contribution in [0.5, 0.6) is 0 Å². The van der Waals surface area contributed by atoms with Crippen molar-refractivity contribution >= 4 is 27.1 Å². The Morgan fingerprint density at radius 2 is 2.10 bits per heavy atom. The van der Waals surface area contributed by atoms with E-state index in [1.54, 1.807) is 17.0 Å². The Kier molecular flexibility index (Phi) is 3.77. The van der Waals surface area contributed by atoms with E-state index >= 15 is 0 Å². The molecule has 0 atom stereocenters. The number of thiophene rings is 1. The van der Waals surface area contributed by atoms with Crippen LogP contribution in [0.3, 0.4) is 0 Å². The Morgan fingerprint density at radius 1 is 1.33 bits per heavy atom. The number of rotatable bonds is 4. The molecule has 0 saturated carbocycles. The van der Waals surface area contributed by atoms with Crippen LogP contribution in [0.25, 0.3) is 10.8 Å². The smallest absolute Gasteiger partial charge is 0.336 e. The Balaban J connectivity index is 1.77. The van der Waals surface area contributed by atoms with Gasteiger partial charge >= 0.3 is 5.22 Å². The summed E-state index contributed by atoms with van der Waals surface area (Å²) in [7, 11) is -3.89. The zero-order chi connectivity index (χ0) is 14.9. The molecule has 1 aliphatic heterocycles. The summed E-state index contributed by atoms with van der Waals surface area (Å²) in [6.07, 6.45) is 1.82. The predicted molar refractivity (Wildman–Crippen MR) is 75.5 cm³/mol. The lowest BCUT2D eigenvalue weighted by atomic mass is 10.4. The summed E-state index contributed by atoms with van der Waals surface area (Å²) in [6.45, 7) is 1.22. The summed E-state index contributed by atoms with van der Waals surface area (Å²) in [6, 6.07) is 3.55. The molecule has 0 aromatic carbocycles. The van der Waals surface area contributed by atoms with Gasteiger partial charge in [-0.1, -0.05) is 11.2 Å². The molecule has 0 radical (unpaired) electrons. The molecule has 0 bridgehead atoms. The molecule has 3 heterocycles. The van der Waals surface area contributed by atoms with Crippen LogP contribution in [-0.4, -0.2) is 48.3 Å². The van der Waals surface area contributed by atoms with Crippen LogP contribution in [0.15, 0.2) is 27.2 Å². The van der Waals surface area contributed by atoms with Gasteiger partial charge in [0.05, 0.1) is 4.88 Å². The second-order valence-electron chi connectivity index (χ2n) is 4.70. The fraction of sp³-hybridized carbons (Fsp3) is 0.417. The standard InChI is InChI=1S/C12H13N3O4S2/c16-10(15-5-1-2-6-15)8-21(17,18)12-14-13-11(19-12)9-4-3-7-20-9/h3-4,7H,1-2,5-6,8H2. The fourth-order valence-corrected chi connectivity index (χ4v) is 3.76. The number of carbonyl (C=O) groups excluding carboxylic acids is 1. The molecule has 1 amide bonds. The van der Waals surface area contributed by atoms with Crippen molar-refractivity contribution in [2.45, 2.75) is 18.1 Å². The maximum Gasteiger partial charge on any atom is 0.336 e. The van der Waals surface area contributed by atoms with Gasteiger partial charge in [-0.2, -0.15) is 0 Å². The highest BCUT2D eigenvalue weighted by Crippen LogP contribution is 2.24. The average Bonchev–Trinajstić information content (AvgIpc) is 3.19. The zero-order valence-corrected chi connectivity index (χ0v) is 12.7. The number of hydrogen-bond donors (Lipinski definition) is 0. The maximum atomic E-state index is 12.1. The molecule has 0 aliphatic carbocycles. The highest BCUT2D eigenvalue weighted by molar-refractivity contribution is 7.91. The topological polar surface area (TPSA) is 93.4 Å². The van der Waals surface area contributed by atoms with E-state index in [9.17, 15) is 13.2 Å². The molecule has 0 spiro atoms. The molecule has 21 heavy (non-hydrogen) atoms. The van der Waals surface area contributed by atoms with Gasteiger partial charge in [-0.3, -0.25) is 4.79 Å². The van der Waals surface area contributed by atoms with Crippen molar-refractivity contribution in [3.8, 4) is 10.8 Å². The zero-order valence-electron chi connectivity index (χ0n) is 11.1. The Bertz CT molecular complexity index is 730. The molecule has 9 heteroatoms. The summed E-state index contributed by atoms with van der Waals surface area (Å²) >= 11 is 1.37. The number of nitrogens with zero attached hydrogens (tertiary/aromatic N) is 3. The highest BCUT2D eigenvalue weighted by atomic mass is 32.2. The first-order valence-corrected chi connectivity index (χ1v) is 8.97. The lowest BCUT2D eigenvalue weighted by molar-refractivity contribution is -0.127. The number of hydrogen-bond acceptors (Lipinski definition) is 7. The van der Waals surface area contributed by atoms with Crippen molar-refractivity contribution in [2.24, 2.45) is 0 Å². The predicted octanol–water partition coefficient (Wildman–Crippen LogP) is 1.19. The average molecular weight is 327 g/mol. The molecule has 7 nitrogen and oxygen atoms in total. The van der Waals surface area contributed by atoms with E-state index in [4.69, 9.17) is 4.42 Å². The van der Waals surface area contributed by atoms with E-state index in [1.165, 1.54) is 11.3 Å². The van der Waals surface area contributed by atoms with Crippen molar-refractivity contribution in [1.82, 2.24) is 15.1 Å². The minimum atomic E-state index is -3.89. The fourth-order valence-electron chi connectivity index (χ4n) is 2.12.